The predicted molar refractivity (Wildman–Crippen MR) is 75.0 cm³/mol. The molecule has 16 heavy (non-hydrogen) atoms. The van der Waals surface area contributed by atoms with Crippen LogP contribution in [0.3, 0.4) is 0 Å². The van der Waals surface area contributed by atoms with Crippen LogP contribution in [0.25, 0.3) is 0 Å². The van der Waals surface area contributed by atoms with Crippen LogP contribution in [0.2, 0.25) is 0 Å². The largest absolute Gasteiger partial charge is 0.379 e. The summed E-state index contributed by atoms with van der Waals surface area (Å²) in [6.45, 7) is 3.26. The van der Waals surface area contributed by atoms with E-state index in [1.165, 1.54) is 61.6 Å². The van der Waals surface area contributed by atoms with Crippen molar-refractivity contribution < 1.29 is 4.74 Å². The average Bonchev–Trinajstić information content (AvgIpc) is 2.29. The van der Waals surface area contributed by atoms with Gasteiger partial charge in [0.25, 0.3) is 0 Å². The van der Waals surface area contributed by atoms with E-state index in [0.717, 1.165) is 13.0 Å². The summed E-state index contributed by atoms with van der Waals surface area (Å²) in [6.07, 6.45) is 16.6. The number of hydrogen-bond donors (Lipinski definition) is 0. The highest BCUT2D eigenvalue weighted by atomic mass is 28.1. The molecule has 0 radical (unpaired) electrons. The lowest BCUT2D eigenvalue weighted by Gasteiger charge is -2.33. The van der Waals surface area contributed by atoms with Gasteiger partial charge in [-0.05, 0) is 38.5 Å². The molecule has 1 heterocycles. The molecular formula is C14H28OSi. The minimum atomic E-state index is 0.276. The van der Waals surface area contributed by atoms with Crippen molar-refractivity contribution in [1.29, 1.82) is 0 Å². The van der Waals surface area contributed by atoms with Crippen molar-refractivity contribution in [2.24, 2.45) is 0 Å². The summed E-state index contributed by atoms with van der Waals surface area (Å²) in [7, 11) is 1.18. The Kier molecular flexibility index (Phi) is 7.05. The van der Waals surface area contributed by atoms with Gasteiger partial charge in [0.2, 0.25) is 0 Å². The first kappa shape index (κ1) is 14.0. The van der Waals surface area contributed by atoms with E-state index in [-0.39, 0.29) is 5.22 Å². The number of unbranched alkanes of at least 4 members (excludes halogenated alkanes) is 4. The summed E-state index contributed by atoms with van der Waals surface area (Å²) < 4.78 is 5.92. The molecule has 94 valence electrons. The van der Waals surface area contributed by atoms with Crippen LogP contribution in [-0.4, -0.2) is 22.1 Å². The molecule has 1 nitrogen and oxygen atoms in total. The maximum Gasteiger partial charge on any atom is 0.0519 e. The highest BCUT2D eigenvalue weighted by Gasteiger charge is 2.25. The van der Waals surface area contributed by atoms with Crippen LogP contribution >= 0.6 is 0 Å². The van der Waals surface area contributed by atoms with Gasteiger partial charge in [0.05, 0.1) is 5.22 Å². The summed E-state index contributed by atoms with van der Waals surface area (Å²) >= 11 is 0. The second-order valence-corrected chi connectivity index (χ2v) is 7.10. The van der Waals surface area contributed by atoms with Gasteiger partial charge in [-0.2, -0.15) is 0 Å². The lowest BCUT2D eigenvalue weighted by Crippen LogP contribution is -2.36. The minimum Gasteiger partial charge on any atom is -0.379 e. The summed E-state index contributed by atoms with van der Waals surface area (Å²) in [5, 5.41) is 0.276. The van der Waals surface area contributed by atoms with Gasteiger partial charge in [-0.3, -0.25) is 0 Å². The first-order chi connectivity index (χ1) is 7.77. The maximum atomic E-state index is 5.92. The van der Waals surface area contributed by atoms with E-state index in [2.05, 4.69) is 19.1 Å². The predicted octanol–water partition coefficient (Wildman–Crippen LogP) is 3.17. The molecule has 0 N–H and O–H groups in total. The van der Waals surface area contributed by atoms with E-state index in [1.54, 1.807) is 0 Å². The van der Waals surface area contributed by atoms with Crippen LogP contribution in [0.1, 0.15) is 64.7 Å². The molecular weight excluding hydrogens is 212 g/mol. The smallest absolute Gasteiger partial charge is 0.0519 e. The van der Waals surface area contributed by atoms with Gasteiger partial charge in [0, 0.05) is 16.8 Å². The van der Waals surface area contributed by atoms with E-state index in [0.29, 0.717) is 0 Å². The van der Waals surface area contributed by atoms with E-state index >= 15 is 0 Å². The quantitative estimate of drug-likeness (QED) is 0.377. The van der Waals surface area contributed by atoms with Gasteiger partial charge in [-0.25, -0.2) is 0 Å². The normalized spacial score (nSPS) is 26.6. The Bertz CT molecular complexity index is 195. The van der Waals surface area contributed by atoms with Gasteiger partial charge < -0.3 is 4.74 Å². The molecule has 1 unspecified atom stereocenters. The Labute approximate surface area is 104 Å². The van der Waals surface area contributed by atoms with Crippen LogP contribution in [0.5, 0.6) is 0 Å². The highest BCUT2D eigenvalue weighted by Crippen LogP contribution is 2.25. The molecule has 1 saturated heterocycles. The minimum absolute atomic E-state index is 0.276. The molecule has 1 aliphatic rings. The van der Waals surface area contributed by atoms with Gasteiger partial charge >= 0.3 is 0 Å². The zero-order valence-corrected chi connectivity index (χ0v) is 13.1. The summed E-state index contributed by atoms with van der Waals surface area (Å²) in [6, 6.07) is 0. The topological polar surface area (TPSA) is 9.23 Å². The fourth-order valence-electron chi connectivity index (χ4n) is 2.29. The van der Waals surface area contributed by atoms with Crippen molar-refractivity contribution in [3.63, 3.8) is 0 Å². The molecule has 1 aliphatic heterocycles. The van der Waals surface area contributed by atoms with Gasteiger partial charge in [-0.15, -0.1) is 0 Å². The zero-order chi connectivity index (χ0) is 11.7. The molecule has 0 amide bonds. The third-order valence-electron chi connectivity index (χ3n) is 3.49. The van der Waals surface area contributed by atoms with Gasteiger partial charge in [0.1, 0.15) is 0 Å². The zero-order valence-electron chi connectivity index (χ0n) is 11.1. The van der Waals surface area contributed by atoms with Crippen LogP contribution in [0, 0.1) is 0 Å². The van der Waals surface area contributed by atoms with Crippen molar-refractivity contribution in [2.75, 3.05) is 6.61 Å². The van der Waals surface area contributed by atoms with Gasteiger partial charge in [0.15, 0.2) is 0 Å². The molecule has 1 atom stereocenters. The second kappa shape index (κ2) is 8.07. The van der Waals surface area contributed by atoms with Crippen LogP contribution < -0.4 is 0 Å². The SMILES string of the molecule is CCCCCCC=CCC1([SiH3])CCCCO1. The lowest BCUT2D eigenvalue weighted by atomic mass is 10.0. The van der Waals surface area contributed by atoms with Crippen LogP contribution in [-0.2, 0) is 4.74 Å². The molecule has 0 aromatic carbocycles. The number of allylic oxidation sites excluding steroid dienone is 1. The second-order valence-electron chi connectivity index (χ2n) is 5.28. The van der Waals surface area contributed by atoms with Gasteiger partial charge in [-0.1, -0.05) is 38.3 Å². The maximum absolute atomic E-state index is 5.92. The fourth-order valence-corrected chi connectivity index (χ4v) is 3.09. The Morgan fingerprint density at radius 3 is 2.75 bits per heavy atom. The molecule has 1 fully saturated rings. The molecule has 0 bridgehead atoms. The third-order valence-corrected chi connectivity index (χ3v) is 4.69. The van der Waals surface area contributed by atoms with Crippen LogP contribution in [0.4, 0.5) is 0 Å². The van der Waals surface area contributed by atoms with E-state index in [4.69, 9.17) is 4.74 Å². The Morgan fingerprint density at radius 2 is 2.06 bits per heavy atom. The average molecular weight is 240 g/mol. The number of ether oxygens (including phenoxy) is 1. The summed E-state index contributed by atoms with van der Waals surface area (Å²) in [4.78, 5) is 0. The molecule has 0 spiro atoms. The fraction of sp³-hybridized carbons (Fsp3) is 0.857. The number of rotatable bonds is 7. The molecule has 2 heteroatoms. The summed E-state index contributed by atoms with van der Waals surface area (Å²) in [5.74, 6) is 0. The van der Waals surface area contributed by atoms with Crippen molar-refractivity contribution in [1.82, 2.24) is 0 Å². The standard InChI is InChI=1S/C14H28OSi/c1-2-3-4-5-6-7-8-11-14(16)12-9-10-13-15-14/h7-8H,2-6,9-13H2,1,16H3. The Hall–Kier alpha value is -0.0831. The lowest BCUT2D eigenvalue weighted by molar-refractivity contribution is -0.0151. The molecule has 0 saturated carbocycles. The summed E-state index contributed by atoms with van der Waals surface area (Å²) in [5.41, 5.74) is 0. The van der Waals surface area contributed by atoms with E-state index in [9.17, 15) is 0 Å². The van der Waals surface area contributed by atoms with Crippen molar-refractivity contribution in [3.05, 3.63) is 12.2 Å². The molecule has 1 rings (SSSR count). The first-order valence-electron chi connectivity index (χ1n) is 7.06. The van der Waals surface area contributed by atoms with E-state index in [1.807, 2.05) is 0 Å². The molecule has 0 aliphatic carbocycles. The number of hydrogen-bond acceptors (Lipinski definition) is 1. The highest BCUT2D eigenvalue weighted by molar-refractivity contribution is 6.14. The molecule has 0 aromatic rings. The van der Waals surface area contributed by atoms with Crippen LogP contribution in [0.15, 0.2) is 12.2 Å². The van der Waals surface area contributed by atoms with Crippen molar-refractivity contribution >= 4 is 10.2 Å². The monoisotopic (exact) mass is 240 g/mol. The third kappa shape index (κ3) is 5.85. The first-order valence-corrected chi connectivity index (χ1v) is 8.06. The van der Waals surface area contributed by atoms with Crippen molar-refractivity contribution in [2.45, 2.75) is 69.9 Å². The Balaban J connectivity index is 2.06. The van der Waals surface area contributed by atoms with E-state index < -0.39 is 0 Å². The molecule has 0 aromatic heterocycles. The van der Waals surface area contributed by atoms with Crippen molar-refractivity contribution in [3.8, 4) is 0 Å². The Morgan fingerprint density at radius 1 is 1.19 bits per heavy atom.